The zero-order valence-electron chi connectivity index (χ0n) is 42.1. The number of benzene rings is 10. The molecule has 10 aromatic carbocycles. The number of hydrogen-bond acceptors (Lipinski definition) is 1. The summed E-state index contributed by atoms with van der Waals surface area (Å²) in [5, 5.41) is 0.544. The third-order valence-electron chi connectivity index (χ3n) is 12.6. The normalized spacial score (nSPS) is 14.4. The molecular formula is C61H39BrClN. The smallest absolute Gasteiger partial charge is 0.0731 e. The maximum Gasteiger partial charge on any atom is 0.0731 e. The van der Waals surface area contributed by atoms with Crippen LogP contribution in [0.25, 0.3) is 66.8 Å². The molecule has 0 aliphatic heterocycles. The molecule has 64 heavy (non-hydrogen) atoms. The van der Waals surface area contributed by atoms with E-state index in [9.17, 15) is 5.48 Å². The lowest BCUT2D eigenvalue weighted by Gasteiger charge is -2.33. The number of halogens is 2. The molecule has 0 atom stereocenters. The summed E-state index contributed by atoms with van der Waals surface area (Å²) in [4.78, 5) is 2.24. The summed E-state index contributed by atoms with van der Waals surface area (Å²) in [6.07, 6.45) is 0. The van der Waals surface area contributed by atoms with Crippen LogP contribution >= 0.6 is 27.5 Å². The Morgan fingerprint density at radius 1 is 0.391 bits per heavy atom. The van der Waals surface area contributed by atoms with Crippen LogP contribution in [0.4, 0.5) is 17.1 Å². The van der Waals surface area contributed by atoms with Crippen LogP contribution in [0.5, 0.6) is 0 Å². The van der Waals surface area contributed by atoms with Crippen molar-refractivity contribution in [3.8, 4) is 66.8 Å². The summed E-state index contributed by atoms with van der Waals surface area (Å²) in [7, 11) is 0. The Morgan fingerprint density at radius 2 is 0.906 bits per heavy atom. The van der Waals surface area contributed by atoms with Crippen LogP contribution in [0.2, 0.25) is 5.02 Å². The number of anilines is 3. The van der Waals surface area contributed by atoms with Crippen LogP contribution in [0.1, 0.15) is 33.2 Å². The fraction of sp³-hybridized carbons (Fsp3) is 0.0164. The first-order valence-corrected chi connectivity index (χ1v) is 22.2. The van der Waals surface area contributed by atoms with Crippen molar-refractivity contribution in [3.05, 3.63) is 268 Å². The lowest BCUT2D eigenvalue weighted by Crippen LogP contribution is -2.26. The van der Waals surface area contributed by atoms with Crippen molar-refractivity contribution in [2.24, 2.45) is 0 Å². The largest absolute Gasteiger partial charge is 0.309 e. The van der Waals surface area contributed by atoms with Crippen molar-refractivity contribution < 1.29 is 11.0 Å². The van der Waals surface area contributed by atoms with E-state index < -0.39 is 29.6 Å². The fourth-order valence-corrected chi connectivity index (χ4v) is 10.9. The van der Waals surface area contributed by atoms with E-state index in [0.29, 0.717) is 16.1 Å². The van der Waals surface area contributed by atoms with Gasteiger partial charge in [-0.25, -0.2) is 0 Å². The highest BCUT2D eigenvalue weighted by Gasteiger charge is 2.52. The van der Waals surface area contributed by atoms with E-state index in [1.54, 1.807) is 0 Å². The number of hydrogen-bond donors (Lipinski definition) is 0. The van der Waals surface area contributed by atoms with E-state index in [1.165, 1.54) is 0 Å². The van der Waals surface area contributed by atoms with Crippen LogP contribution in [-0.4, -0.2) is 0 Å². The molecule has 1 nitrogen and oxygen atoms in total. The van der Waals surface area contributed by atoms with Crippen LogP contribution in [0.15, 0.2) is 241 Å². The van der Waals surface area contributed by atoms with E-state index in [4.69, 9.17) is 17.1 Å². The molecule has 3 heteroatoms. The summed E-state index contributed by atoms with van der Waals surface area (Å²) in [5.41, 5.74) is 12.2. The zero-order valence-corrected chi connectivity index (χ0v) is 36.4. The second kappa shape index (κ2) is 15.5. The van der Waals surface area contributed by atoms with Crippen LogP contribution in [-0.2, 0) is 5.41 Å². The Bertz CT molecular complexity index is 3720. The molecule has 10 aromatic rings. The Morgan fingerprint density at radius 3 is 1.52 bits per heavy atom. The van der Waals surface area contributed by atoms with Crippen LogP contribution in [0.3, 0.4) is 0 Å². The Hall–Kier alpha value is -7.23. The lowest BCUT2D eigenvalue weighted by molar-refractivity contribution is 0.796. The van der Waals surface area contributed by atoms with E-state index >= 15 is 0 Å². The molecule has 2 aliphatic rings. The van der Waals surface area contributed by atoms with Gasteiger partial charge in [0.05, 0.1) is 22.1 Å². The number of rotatable bonds is 7. The maximum absolute atomic E-state index is 9.65. The molecule has 0 saturated carbocycles. The first-order valence-electron chi connectivity index (χ1n) is 25.1. The first kappa shape index (κ1) is 30.8. The standard InChI is InChI=1S/C61H39BrClN/c62-45-37-46(63)39-48(38-45)64(60-54(41-19-6-2-7-20-41)35-44(40-17-4-1-5-18-40)36-55(60)42-21-8-3-9-22-42)47-33-31-43(32-34-47)49-26-16-27-53-52-25-12-15-30-58(52)61(59(49)53)56-28-13-10-23-50(56)51-24-11-14-29-57(51)61/h1-39H/i10D,11D,13D,14D,23D,24D,28D,29D. The van der Waals surface area contributed by atoms with E-state index in [1.807, 2.05) is 97.1 Å². The van der Waals surface area contributed by atoms with E-state index in [0.717, 1.165) is 77.2 Å². The molecule has 12 rings (SSSR count). The van der Waals surface area contributed by atoms with Gasteiger partial charge in [-0.1, -0.05) is 221 Å². The van der Waals surface area contributed by atoms with Gasteiger partial charge in [0.2, 0.25) is 0 Å². The fourth-order valence-electron chi connectivity index (χ4n) is 10.0. The molecule has 302 valence electrons. The summed E-state index contributed by atoms with van der Waals surface area (Å²) >= 11 is 10.7. The van der Waals surface area contributed by atoms with Gasteiger partial charge >= 0.3 is 0 Å². The van der Waals surface area contributed by atoms with Gasteiger partial charge < -0.3 is 4.90 Å². The van der Waals surface area contributed by atoms with Crippen molar-refractivity contribution in [2.75, 3.05) is 4.90 Å². The van der Waals surface area contributed by atoms with Gasteiger partial charge in [0, 0.05) is 32.0 Å². The van der Waals surface area contributed by atoms with Gasteiger partial charge in [0.15, 0.2) is 0 Å². The Labute approximate surface area is 398 Å². The molecule has 1 spiro atoms. The van der Waals surface area contributed by atoms with Crippen molar-refractivity contribution in [1.82, 2.24) is 0 Å². The molecule has 0 unspecified atom stereocenters. The highest BCUT2D eigenvalue weighted by molar-refractivity contribution is 9.10. The molecule has 0 fully saturated rings. The van der Waals surface area contributed by atoms with Crippen LogP contribution < -0.4 is 4.90 Å². The van der Waals surface area contributed by atoms with Crippen molar-refractivity contribution in [3.63, 3.8) is 0 Å². The first-order chi connectivity index (χ1) is 34.9. The highest BCUT2D eigenvalue weighted by Crippen LogP contribution is 2.64. The predicted octanol–water partition coefficient (Wildman–Crippen LogP) is 17.6. The molecule has 0 saturated heterocycles. The SMILES string of the molecule is [2H]c1c([2H])c([2H])c2c(c1[2H])-c1c([2H])c([2H])c([2H])c([2H])c1C21c2ccccc2-c2cccc(-c3ccc(N(c4cc(Cl)cc(Br)c4)c4c(-c5ccccc5)cc(-c5ccccc5)cc4-c4ccccc4)cc3)c21. The average molecular weight is 909 g/mol. The quantitative estimate of drug-likeness (QED) is 0.154. The second-order valence-corrected chi connectivity index (χ2v) is 17.4. The average Bonchev–Trinajstić information content (AvgIpc) is 3.89. The highest BCUT2D eigenvalue weighted by atomic mass is 79.9. The van der Waals surface area contributed by atoms with Crippen molar-refractivity contribution in [1.29, 1.82) is 0 Å². The Kier molecular flexibility index (Phi) is 7.47. The van der Waals surface area contributed by atoms with Crippen molar-refractivity contribution >= 4 is 44.6 Å². The minimum atomic E-state index is -1.55. The lowest BCUT2D eigenvalue weighted by atomic mass is 9.68. The van der Waals surface area contributed by atoms with E-state index in [-0.39, 0.29) is 46.4 Å². The van der Waals surface area contributed by atoms with Gasteiger partial charge in [-0.05, 0) is 120 Å². The third-order valence-corrected chi connectivity index (χ3v) is 13.3. The summed E-state index contributed by atoms with van der Waals surface area (Å²) in [6.45, 7) is 0. The number of fused-ring (bicyclic) bond motifs is 10. The van der Waals surface area contributed by atoms with Gasteiger partial charge in [-0.3, -0.25) is 0 Å². The molecule has 2 aliphatic carbocycles. The van der Waals surface area contributed by atoms with Crippen molar-refractivity contribution in [2.45, 2.75) is 5.41 Å². The predicted molar refractivity (Wildman–Crippen MR) is 272 cm³/mol. The topological polar surface area (TPSA) is 3.24 Å². The molecule has 0 bridgehead atoms. The van der Waals surface area contributed by atoms with E-state index in [2.05, 4.69) is 112 Å². The minimum Gasteiger partial charge on any atom is -0.309 e. The van der Waals surface area contributed by atoms with Crippen LogP contribution in [0, 0.1) is 0 Å². The second-order valence-electron chi connectivity index (χ2n) is 16.1. The van der Waals surface area contributed by atoms with Gasteiger partial charge in [-0.2, -0.15) is 0 Å². The molecular weight excluding hydrogens is 862 g/mol. The molecule has 0 N–H and O–H groups in total. The molecule has 0 aromatic heterocycles. The third kappa shape index (κ3) is 6.05. The minimum absolute atomic E-state index is 0.0841. The van der Waals surface area contributed by atoms with Gasteiger partial charge in [0.25, 0.3) is 0 Å². The Balaban J connectivity index is 1.14. The maximum atomic E-state index is 9.65. The summed E-state index contributed by atoms with van der Waals surface area (Å²) in [6, 6.07) is 60.2. The molecule has 0 radical (unpaired) electrons. The summed E-state index contributed by atoms with van der Waals surface area (Å²) in [5.74, 6) is 0. The molecule has 0 amide bonds. The van der Waals surface area contributed by atoms with Gasteiger partial charge in [0.1, 0.15) is 0 Å². The van der Waals surface area contributed by atoms with Gasteiger partial charge in [-0.15, -0.1) is 0 Å². The summed E-state index contributed by atoms with van der Waals surface area (Å²) < 4.78 is 74.5. The zero-order chi connectivity index (χ0) is 49.7. The monoisotopic (exact) mass is 907 g/mol. The number of nitrogens with zero attached hydrogens (tertiary/aromatic N) is 1. The molecule has 0 heterocycles.